The van der Waals surface area contributed by atoms with Crippen LogP contribution in [0.5, 0.6) is 0 Å². The summed E-state index contributed by atoms with van der Waals surface area (Å²) in [5.74, 6) is 1.13. The molecule has 3 unspecified atom stereocenters. The summed E-state index contributed by atoms with van der Waals surface area (Å²) >= 11 is 0. The topological polar surface area (TPSA) is 43.1 Å². The van der Waals surface area contributed by atoms with E-state index in [2.05, 4.69) is 6.92 Å². The number of hydrogen-bond donors (Lipinski definition) is 1. The molecule has 0 aliphatic heterocycles. The van der Waals surface area contributed by atoms with Crippen molar-refractivity contribution in [1.82, 2.24) is 0 Å². The average Bonchev–Trinajstić information content (AvgIpc) is 2.46. The van der Waals surface area contributed by atoms with Crippen molar-refractivity contribution in [2.45, 2.75) is 45.1 Å². The third-order valence-electron chi connectivity index (χ3n) is 4.23. The molecule has 2 nitrogen and oxygen atoms in total. The van der Waals surface area contributed by atoms with Crippen LogP contribution in [-0.4, -0.2) is 5.78 Å². The fourth-order valence-electron chi connectivity index (χ4n) is 3.00. The van der Waals surface area contributed by atoms with Crippen LogP contribution in [0.3, 0.4) is 0 Å². The predicted molar refractivity (Wildman–Crippen MR) is 74.1 cm³/mol. The Morgan fingerprint density at radius 2 is 2.06 bits per heavy atom. The van der Waals surface area contributed by atoms with Gasteiger partial charge in [-0.2, -0.15) is 0 Å². The van der Waals surface area contributed by atoms with Crippen LogP contribution in [-0.2, 0) is 4.79 Å². The molecule has 1 aromatic carbocycles. The molecule has 1 aliphatic carbocycles. The molecule has 1 saturated carbocycles. The Labute approximate surface area is 110 Å². The van der Waals surface area contributed by atoms with E-state index in [1.165, 1.54) is 19.3 Å². The number of nitrogens with two attached hydrogens (primary N) is 1. The molecule has 0 saturated heterocycles. The zero-order valence-electron chi connectivity index (χ0n) is 11.1. The smallest absolute Gasteiger partial charge is 0.157 e. The van der Waals surface area contributed by atoms with Crippen molar-refractivity contribution in [3.05, 3.63) is 35.9 Å². The lowest BCUT2D eigenvalue weighted by Gasteiger charge is -2.29. The van der Waals surface area contributed by atoms with Crippen molar-refractivity contribution >= 4 is 5.78 Å². The van der Waals surface area contributed by atoms with E-state index in [0.717, 1.165) is 24.3 Å². The number of benzene rings is 1. The van der Waals surface area contributed by atoms with Gasteiger partial charge in [-0.25, -0.2) is 0 Å². The fraction of sp³-hybridized carbons (Fsp3) is 0.562. The van der Waals surface area contributed by atoms with Crippen LogP contribution < -0.4 is 5.73 Å². The molecule has 18 heavy (non-hydrogen) atoms. The summed E-state index contributed by atoms with van der Waals surface area (Å²) in [7, 11) is 0. The van der Waals surface area contributed by atoms with Crippen LogP contribution in [0, 0.1) is 11.8 Å². The minimum absolute atomic E-state index is 0.180. The maximum absolute atomic E-state index is 12.4. The molecule has 2 heteroatoms. The molecule has 0 heterocycles. The first kappa shape index (κ1) is 13.3. The van der Waals surface area contributed by atoms with E-state index in [1.807, 2.05) is 30.3 Å². The summed E-state index contributed by atoms with van der Waals surface area (Å²) in [5.41, 5.74) is 7.05. The van der Waals surface area contributed by atoms with E-state index in [-0.39, 0.29) is 11.7 Å². The number of Topliss-reactive ketones (excluding diaryl/α,β-unsaturated/α-hetero) is 1. The highest BCUT2D eigenvalue weighted by molar-refractivity contribution is 5.87. The maximum atomic E-state index is 12.4. The quantitative estimate of drug-likeness (QED) is 0.882. The van der Waals surface area contributed by atoms with Gasteiger partial charge in [-0.15, -0.1) is 0 Å². The fourth-order valence-corrected chi connectivity index (χ4v) is 3.00. The summed E-state index contributed by atoms with van der Waals surface area (Å²) in [6, 6.07) is 9.29. The van der Waals surface area contributed by atoms with Crippen molar-refractivity contribution in [2.24, 2.45) is 17.6 Å². The summed E-state index contributed by atoms with van der Waals surface area (Å²) in [6.07, 6.45) is 5.70. The van der Waals surface area contributed by atoms with E-state index in [9.17, 15) is 4.79 Å². The SMILES string of the molecule is CCC1CCCC(C(=O)C(N)c2ccccc2)C1. The maximum Gasteiger partial charge on any atom is 0.157 e. The first-order valence-corrected chi connectivity index (χ1v) is 7.06. The predicted octanol–water partition coefficient (Wildman–Crippen LogP) is 3.47. The van der Waals surface area contributed by atoms with Gasteiger partial charge in [-0.1, -0.05) is 56.5 Å². The van der Waals surface area contributed by atoms with Gasteiger partial charge in [0.1, 0.15) is 0 Å². The van der Waals surface area contributed by atoms with Crippen LogP contribution in [0.4, 0.5) is 0 Å². The van der Waals surface area contributed by atoms with Crippen LogP contribution in [0.2, 0.25) is 0 Å². The van der Waals surface area contributed by atoms with Gasteiger partial charge in [0.05, 0.1) is 6.04 Å². The largest absolute Gasteiger partial charge is 0.318 e. The molecule has 1 aromatic rings. The molecule has 1 aliphatic rings. The third kappa shape index (κ3) is 2.99. The van der Waals surface area contributed by atoms with E-state index >= 15 is 0 Å². The monoisotopic (exact) mass is 245 g/mol. The minimum atomic E-state index is -0.438. The Kier molecular flexibility index (Phi) is 4.54. The third-order valence-corrected chi connectivity index (χ3v) is 4.23. The second-order valence-corrected chi connectivity index (χ2v) is 5.43. The molecule has 0 bridgehead atoms. The van der Waals surface area contributed by atoms with Gasteiger partial charge in [-0.3, -0.25) is 4.79 Å². The van der Waals surface area contributed by atoms with Gasteiger partial charge in [0.15, 0.2) is 5.78 Å². The Balaban J connectivity index is 2.02. The molecule has 1 fully saturated rings. The van der Waals surface area contributed by atoms with Crippen LogP contribution in [0.25, 0.3) is 0 Å². The Bertz CT molecular complexity index is 387. The first-order valence-electron chi connectivity index (χ1n) is 7.06. The summed E-state index contributed by atoms with van der Waals surface area (Å²) < 4.78 is 0. The number of rotatable bonds is 4. The number of carbonyl (C=O) groups excluding carboxylic acids is 1. The van der Waals surface area contributed by atoms with E-state index in [1.54, 1.807) is 0 Å². The average molecular weight is 245 g/mol. The molecular weight excluding hydrogens is 222 g/mol. The van der Waals surface area contributed by atoms with Crippen molar-refractivity contribution < 1.29 is 4.79 Å². The molecule has 0 spiro atoms. The molecule has 0 radical (unpaired) electrons. The molecule has 3 atom stereocenters. The first-order chi connectivity index (χ1) is 8.72. The lowest BCUT2D eigenvalue weighted by atomic mass is 9.76. The lowest BCUT2D eigenvalue weighted by molar-refractivity contribution is -0.125. The van der Waals surface area contributed by atoms with Crippen LogP contribution in [0.15, 0.2) is 30.3 Å². The summed E-state index contributed by atoms with van der Waals surface area (Å²) in [5, 5.41) is 0. The number of carbonyl (C=O) groups is 1. The van der Waals surface area contributed by atoms with E-state index in [0.29, 0.717) is 0 Å². The highest BCUT2D eigenvalue weighted by atomic mass is 16.1. The van der Waals surface area contributed by atoms with Gasteiger partial charge >= 0.3 is 0 Å². The minimum Gasteiger partial charge on any atom is -0.318 e. The standard InChI is InChI=1S/C16H23NO/c1-2-12-7-6-10-14(11-12)16(18)15(17)13-8-4-3-5-9-13/h3-5,8-9,12,14-15H,2,6-7,10-11,17H2,1H3. The van der Waals surface area contributed by atoms with Gasteiger partial charge in [0.2, 0.25) is 0 Å². The van der Waals surface area contributed by atoms with Crippen molar-refractivity contribution in [1.29, 1.82) is 0 Å². The Hall–Kier alpha value is -1.15. The van der Waals surface area contributed by atoms with Gasteiger partial charge in [0.25, 0.3) is 0 Å². The highest BCUT2D eigenvalue weighted by Crippen LogP contribution is 2.33. The molecule has 2 rings (SSSR count). The zero-order valence-corrected chi connectivity index (χ0v) is 11.1. The van der Waals surface area contributed by atoms with E-state index < -0.39 is 6.04 Å². The van der Waals surface area contributed by atoms with Crippen LogP contribution in [0.1, 0.15) is 50.6 Å². The summed E-state index contributed by atoms with van der Waals surface area (Å²) in [6.45, 7) is 2.22. The number of hydrogen-bond acceptors (Lipinski definition) is 2. The molecular formula is C16H23NO. The molecule has 2 N–H and O–H groups in total. The Morgan fingerprint density at radius 1 is 1.33 bits per heavy atom. The van der Waals surface area contributed by atoms with Gasteiger partial charge in [-0.05, 0) is 24.3 Å². The molecule has 0 amide bonds. The second kappa shape index (κ2) is 6.14. The van der Waals surface area contributed by atoms with Crippen molar-refractivity contribution in [2.75, 3.05) is 0 Å². The van der Waals surface area contributed by atoms with E-state index in [4.69, 9.17) is 5.73 Å². The molecule has 0 aromatic heterocycles. The summed E-state index contributed by atoms with van der Waals surface area (Å²) in [4.78, 5) is 12.4. The van der Waals surface area contributed by atoms with Gasteiger partial charge in [0, 0.05) is 5.92 Å². The number of ketones is 1. The normalized spacial score (nSPS) is 25.7. The van der Waals surface area contributed by atoms with Crippen LogP contribution >= 0.6 is 0 Å². The van der Waals surface area contributed by atoms with Crippen molar-refractivity contribution in [3.8, 4) is 0 Å². The lowest BCUT2D eigenvalue weighted by Crippen LogP contribution is -2.31. The van der Waals surface area contributed by atoms with Crippen molar-refractivity contribution in [3.63, 3.8) is 0 Å². The zero-order chi connectivity index (χ0) is 13.0. The second-order valence-electron chi connectivity index (χ2n) is 5.43. The Morgan fingerprint density at radius 3 is 2.72 bits per heavy atom. The highest BCUT2D eigenvalue weighted by Gasteiger charge is 2.29. The molecule has 98 valence electrons. The van der Waals surface area contributed by atoms with Gasteiger partial charge < -0.3 is 5.73 Å².